The number of carbonyl (C=O) groups excluding carboxylic acids is 1. The van der Waals surface area contributed by atoms with Crippen molar-refractivity contribution in [1.29, 1.82) is 0 Å². The second-order valence-electron chi connectivity index (χ2n) is 5.16. The van der Waals surface area contributed by atoms with Crippen LogP contribution in [0.25, 0.3) is 0 Å². The normalized spacial score (nSPS) is 12.0. The number of rotatable bonds is 6. The Labute approximate surface area is 137 Å². The summed E-state index contributed by atoms with van der Waals surface area (Å²) in [5.74, 6) is 0.552. The molecule has 0 aliphatic heterocycles. The predicted molar refractivity (Wildman–Crippen MR) is 84.5 cm³/mol. The van der Waals surface area contributed by atoms with Crippen LogP contribution in [0, 0.1) is 0 Å². The van der Waals surface area contributed by atoms with Crippen molar-refractivity contribution in [3.05, 3.63) is 82.6 Å². The molecule has 3 aromatic rings. The molecule has 3 aromatic heterocycles. The highest BCUT2D eigenvalue weighted by atomic mass is 16.4. The molecule has 1 unspecified atom stereocenters. The lowest BCUT2D eigenvalue weighted by Gasteiger charge is -2.12. The van der Waals surface area contributed by atoms with Gasteiger partial charge in [0.05, 0.1) is 19.4 Å². The molecule has 1 atom stereocenters. The summed E-state index contributed by atoms with van der Waals surface area (Å²) < 4.78 is 12.1. The Hall–Kier alpha value is -3.06. The maximum atomic E-state index is 12.2. The number of aliphatic hydroxyl groups excluding tert-OH is 1. The molecule has 24 heavy (non-hydrogen) atoms. The van der Waals surface area contributed by atoms with Gasteiger partial charge in [0.25, 0.3) is 11.5 Å². The van der Waals surface area contributed by atoms with Crippen LogP contribution in [0.15, 0.2) is 68.6 Å². The molecule has 0 saturated carbocycles. The van der Waals surface area contributed by atoms with E-state index >= 15 is 0 Å². The lowest BCUT2D eigenvalue weighted by Crippen LogP contribution is -2.30. The van der Waals surface area contributed by atoms with Gasteiger partial charge in [-0.3, -0.25) is 9.59 Å². The van der Waals surface area contributed by atoms with Crippen molar-refractivity contribution < 1.29 is 18.7 Å². The van der Waals surface area contributed by atoms with E-state index in [9.17, 15) is 14.7 Å². The molecule has 3 heterocycles. The van der Waals surface area contributed by atoms with Gasteiger partial charge in [-0.15, -0.1) is 0 Å². The smallest absolute Gasteiger partial charge is 0.287 e. The van der Waals surface area contributed by atoms with E-state index in [1.54, 1.807) is 36.5 Å². The molecule has 1 amide bonds. The van der Waals surface area contributed by atoms with Gasteiger partial charge in [0.15, 0.2) is 5.76 Å². The number of aliphatic hydroxyl groups is 1. The molecular weight excluding hydrogens is 312 g/mol. The third kappa shape index (κ3) is 3.47. The Balaban J connectivity index is 1.69. The number of carbonyl (C=O) groups is 1. The fourth-order valence-electron chi connectivity index (χ4n) is 2.27. The summed E-state index contributed by atoms with van der Waals surface area (Å²) in [6, 6.07) is 10.7. The van der Waals surface area contributed by atoms with Gasteiger partial charge < -0.3 is 23.8 Å². The summed E-state index contributed by atoms with van der Waals surface area (Å²) in [7, 11) is 0. The van der Waals surface area contributed by atoms with E-state index in [4.69, 9.17) is 8.83 Å². The topological polar surface area (TPSA) is 97.6 Å². The van der Waals surface area contributed by atoms with Crippen LogP contribution < -0.4 is 10.9 Å². The first-order chi connectivity index (χ1) is 11.7. The van der Waals surface area contributed by atoms with Crippen LogP contribution in [0.4, 0.5) is 0 Å². The van der Waals surface area contributed by atoms with Crippen LogP contribution in [-0.2, 0) is 6.54 Å². The van der Waals surface area contributed by atoms with E-state index in [1.807, 2.05) is 0 Å². The van der Waals surface area contributed by atoms with Crippen molar-refractivity contribution in [1.82, 2.24) is 9.88 Å². The second kappa shape index (κ2) is 7.01. The second-order valence-corrected chi connectivity index (χ2v) is 5.16. The van der Waals surface area contributed by atoms with E-state index in [-0.39, 0.29) is 24.5 Å². The fourth-order valence-corrected chi connectivity index (χ4v) is 2.27. The Kier molecular flexibility index (Phi) is 4.62. The zero-order chi connectivity index (χ0) is 16.9. The quantitative estimate of drug-likeness (QED) is 0.715. The third-order valence-electron chi connectivity index (χ3n) is 3.49. The summed E-state index contributed by atoms with van der Waals surface area (Å²) >= 11 is 0. The molecule has 0 aliphatic rings. The lowest BCUT2D eigenvalue weighted by atomic mass is 10.2. The van der Waals surface area contributed by atoms with Crippen molar-refractivity contribution in [2.24, 2.45) is 0 Å². The minimum Gasteiger partial charge on any atom is -0.467 e. The first-order valence-electron chi connectivity index (χ1n) is 7.36. The molecule has 0 saturated heterocycles. The van der Waals surface area contributed by atoms with Gasteiger partial charge in [-0.1, -0.05) is 6.07 Å². The Morgan fingerprint density at radius 2 is 2.08 bits per heavy atom. The van der Waals surface area contributed by atoms with Crippen LogP contribution in [0.2, 0.25) is 0 Å². The maximum Gasteiger partial charge on any atom is 0.287 e. The summed E-state index contributed by atoms with van der Waals surface area (Å²) in [5.41, 5.74) is -0.155. The number of amides is 1. The first-order valence-corrected chi connectivity index (χ1v) is 7.36. The number of nitrogens with zero attached hydrogens (tertiary/aromatic N) is 1. The minimum atomic E-state index is -0.655. The summed E-state index contributed by atoms with van der Waals surface area (Å²) in [4.78, 5) is 23.9. The van der Waals surface area contributed by atoms with E-state index in [2.05, 4.69) is 5.32 Å². The third-order valence-corrected chi connectivity index (χ3v) is 3.49. The highest BCUT2D eigenvalue weighted by molar-refractivity contribution is 5.91. The lowest BCUT2D eigenvalue weighted by molar-refractivity contribution is 0.0877. The van der Waals surface area contributed by atoms with Crippen LogP contribution in [0.3, 0.4) is 0 Å². The number of hydrogen-bond acceptors (Lipinski definition) is 5. The SMILES string of the molecule is O=C(NC(CO)c1ccco1)c1ccc(Cn2ccccc2=O)o1. The van der Waals surface area contributed by atoms with E-state index < -0.39 is 11.9 Å². The molecule has 0 aromatic carbocycles. The van der Waals surface area contributed by atoms with Crippen molar-refractivity contribution >= 4 is 5.91 Å². The number of furan rings is 2. The van der Waals surface area contributed by atoms with Gasteiger partial charge in [0.1, 0.15) is 17.6 Å². The van der Waals surface area contributed by atoms with Gasteiger partial charge >= 0.3 is 0 Å². The van der Waals surface area contributed by atoms with Gasteiger partial charge in [0, 0.05) is 12.3 Å². The predicted octanol–water partition coefficient (Wildman–Crippen LogP) is 1.55. The largest absolute Gasteiger partial charge is 0.467 e. The number of nitrogens with one attached hydrogen (secondary N) is 1. The molecule has 2 N–H and O–H groups in total. The van der Waals surface area contributed by atoms with Gasteiger partial charge in [0.2, 0.25) is 0 Å². The van der Waals surface area contributed by atoms with E-state index in [0.29, 0.717) is 11.5 Å². The minimum absolute atomic E-state index is 0.0963. The van der Waals surface area contributed by atoms with E-state index in [0.717, 1.165) is 0 Å². The number of aromatic nitrogens is 1. The molecule has 0 fully saturated rings. The maximum absolute atomic E-state index is 12.2. The summed E-state index contributed by atoms with van der Waals surface area (Å²) in [5, 5.41) is 12.0. The van der Waals surface area contributed by atoms with Gasteiger partial charge in [-0.25, -0.2) is 0 Å². The first kappa shape index (κ1) is 15.8. The van der Waals surface area contributed by atoms with Crippen LogP contribution in [0.5, 0.6) is 0 Å². The van der Waals surface area contributed by atoms with Crippen molar-refractivity contribution in [2.45, 2.75) is 12.6 Å². The molecule has 0 aliphatic carbocycles. The molecule has 0 radical (unpaired) electrons. The molecule has 7 heteroatoms. The average Bonchev–Trinajstić information content (AvgIpc) is 3.26. The standard InChI is InChI=1S/C17H16N2O5/c20-11-13(14-4-3-9-23-14)18-17(22)15-7-6-12(24-15)10-19-8-2-1-5-16(19)21/h1-9,13,20H,10-11H2,(H,18,22). The van der Waals surface area contributed by atoms with Crippen LogP contribution in [-0.4, -0.2) is 22.2 Å². The fraction of sp³-hybridized carbons (Fsp3) is 0.176. The zero-order valence-corrected chi connectivity index (χ0v) is 12.7. The van der Waals surface area contributed by atoms with Crippen molar-refractivity contribution in [2.75, 3.05) is 6.61 Å². The summed E-state index contributed by atoms with van der Waals surface area (Å²) in [6.45, 7) is -0.0687. The average molecular weight is 328 g/mol. The molecule has 0 bridgehead atoms. The molecular formula is C17H16N2O5. The van der Waals surface area contributed by atoms with E-state index in [1.165, 1.54) is 23.0 Å². The molecule has 3 rings (SSSR count). The number of pyridine rings is 1. The van der Waals surface area contributed by atoms with Crippen LogP contribution in [0.1, 0.15) is 28.1 Å². The monoisotopic (exact) mass is 328 g/mol. The Morgan fingerprint density at radius 3 is 2.79 bits per heavy atom. The molecule has 124 valence electrons. The highest BCUT2D eigenvalue weighted by Gasteiger charge is 2.19. The zero-order valence-electron chi connectivity index (χ0n) is 12.7. The highest BCUT2D eigenvalue weighted by Crippen LogP contribution is 2.15. The molecule has 7 nitrogen and oxygen atoms in total. The van der Waals surface area contributed by atoms with Gasteiger partial charge in [-0.05, 0) is 30.3 Å². The molecule has 0 spiro atoms. The van der Waals surface area contributed by atoms with Crippen molar-refractivity contribution in [3.8, 4) is 0 Å². The van der Waals surface area contributed by atoms with Gasteiger partial charge in [-0.2, -0.15) is 0 Å². The Bertz CT molecular complexity index is 863. The Morgan fingerprint density at radius 1 is 1.21 bits per heavy atom. The van der Waals surface area contributed by atoms with Crippen molar-refractivity contribution in [3.63, 3.8) is 0 Å². The summed E-state index contributed by atoms with van der Waals surface area (Å²) in [6.07, 6.45) is 3.11. The van der Waals surface area contributed by atoms with Crippen LogP contribution >= 0.6 is 0 Å². The number of hydrogen-bond donors (Lipinski definition) is 2.